The molecule has 0 amide bonds. The summed E-state index contributed by atoms with van der Waals surface area (Å²) in [6, 6.07) is 8.71. The van der Waals surface area contributed by atoms with E-state index in [1.165, 1.54) is 11.1 Å². The number of guanidine groups is 1. The first-order valence-electron chi connectivity index (χ1n) is 8.52. The zero-order chi connectivity index (χ0) is 16.5. The molecule has 0 aliphatic carbocycles. The highest BCUT2D eigenvalue weighted by atomic mass is 16.5. The fraction of sp³-hybridized carbons (Fsp3) is 0.611. The summed E-state index contributed by atoms with van der Waals surface area (Å²) in [6.45, 7) is 8.46. The Hall–Kier alpha value is -1.59. The molecule has 1 N–H and O–H groups in total. The highest BCUT2D eigenvalue weighted by Gasteiger charge is 2.18. The number of ether oxygens (including phenoxy) is 1. The first-order valence-corrected chi connectivity index (χ1v) is 8.52. The lowest BCUT2D eigenvalue weighted by Crippen LogP contribution is -2.44. The third-order valence-electron chi connectivity index (χ3n) is 4.19. The summed E-state index contributed by atoms with van der Waals surface area (Å²) in [6.07, 6.45) is 1.09. The van der Waals surface area contributed by atoms with Gasteiger partial charge in [-0.25, -0.2) is 0 Å². The number of rotatable bonds is 7. The lowest BCUT2D eigenvalue weighted by molar-refractivity contribution is 0.162. The van der Waals surface area contributed by atoms with E-state index in [1.807, 2.05) is 0 Å². The van der Waals surface area contributed by atoms with Gasteiger partial charge in [-0.3, -0.25) is 4.99 Å². The van der Waals surface area contributed by atoms with E-state index in [0.29, 0.717) is 0 Å². The molecule has 0 unspecified atom stereocenters. The quantitative estimate of drug-likeness (QED) is 0.612. The smallest absolute Gasteiger partial charge is 0.194 e. The van der Waals surface area contributed by atoms with Crippen molar-refractivity contribution >= 4 is 5.96 Å². The SMILES string of the molecule is CCNC(=NCCN(C)CCOC)N1CCc2ccccc2C1. The maximum absolute atomic E-state index is 5.11. The zero-order valence-electron chi connectivity index (χ0n) is 14.7. The van der Waals surface area contributed by atoms with Crippen LogP contribution in [0.3, 0.4) is 0 Å². The molecule has 1 aromatic rings. The molecule has 1 aliphatic rings. The number of likely N-dealkylation sites (N-methyl/N-ethyl adjacent to an activating group) is 1. The number of hydrogen-bond donors (Lipinski definition) is 1. The Kier molecular flexibility index (Phi) is 7.36. The van der Waals surface area contributed by atoms with E-state index in [9.17, 15) is 0 Å². The number of methoxy groups -OCH3 is 1. The lowest BCUT2D eigenvalue weighted by Gasteiger charge is -2.31. The van der Waals surface area contributed by atoms with Crippen LogP contribution in [0.15, 0.2) is 29.3 Å². The maximum atomic E-state index is 5.11. The molecule has 128 valence electrons. The number of benzene rings is 1. The predicted molar refractivity (Wildman–Crippen MR) is 95.9 cm³/mol. The van der Waals surface area contributed by atoms with Gasteiger partial charge in [0, 0.05) is 39.8 Å². The second-order valence-corrected chi connectivity index (χ2v) is 5.97. The number of fused-ring (bicyclic) bond motifs is 1. The fourth-order valence-electron chi connectivity index (χ4n) is 2.79. The molecule has 0 aromatic heterocycles. The molecule has 0 radical (unpaired) electrons. The minimum atomic E-state index is 0.767. The highest BCUT2D eigenvalue weighted by Crippen LogP contribution is 2.18. The first kappa shape index (κ1) is 17.8. The van der Waals surface area contributed by atoms with Crippen LogP contribution < -0.4 is 5.32 Å². The molecule has 1 aliphatic heterocycles. The van der Waals surface area contributed by atoms with E-state index in [2.05, 4.69) is 53.4 Å². The number of hydrogen-bond acceptors (Lipinski definition) is 3. The molecule has 5 heteroatoms. The van der Waals surface area contributed by atoms with Crippen molar-refractivity contribution in [2.45, 2.75) is 19.9 Å². The third kappa shape index (κ3) is 5.52. The van der Waals surface area contributed by atoms with E-state index in [0.717, 1.165) is 58.3 Å². The monoisotopic (exact) mass is 318 g/mol. The average Bonchev–Trinajstić information content (AvgIpc) is 2.58. The van der Waals surface area contributed by atoms with Crippen LogP contribution >= 0.6 is 0 Å². The van der Waals surface area contributed by atoms with Gasteiger partial charge in [0.05, 0.1) is 13.2 Å². The zero-order valence-corrected chi connectivity index (χ0v) is 14.7. The van der Waals surface area contributed by atoms with Crippen molar-refractivity contribution in [3.63, 3.8) is 0 Å². The van der Waals surface area contributed by atoms with Crippen LogP contribution in [0.4, 0.5) is 0 Å². The Bertz CT molecular complexity index is 504. The summed E-state index contributed by atoms with van der Waals surface area (Å²) in [5.41, 5.74) is 2.89. The third-order valence-corrected chi connectivity index (χ3v) is 4.19. The molecule has 0 fully saturated rings. The summed E-state index contributed by atoms with van der Waals surface area (Å²) in [4.78, 5) is 9.42. The van der Waals surface area contributed by atoms with E-state index < -0.39 is 0 Å². The van der Waals surface area contributed by atoms with Crippen molar-refractivity contribution in [3.8, 4) is 0 Å². The molecule has 0 atom stereocenters. The lowest BCUT2D eigenvalue weighted by atomic mass is 10.0. The molecule has 2 rings (SSSR count). The molecule has 0 saturated heterocycles. The fourth-order valence-corrected chi connectivity index (χ4v) is 2.79. The molecule has 1 heterocycles. The standard InChI is InChI=1S/C18H30N4O/c1-4-19-18(20-10-12-21(2)13-14-23-3)22-11-9-16-7-5-6-8-17(16)15-22/h5-8H,4,9-15H2,1-3H3,(H,19,20). The second-order valence-electron chi connectivity index (χ2n) is 5.97. The molecular weight excluding hydrogens is 288 g/mol. The van der Waals surface area contributed by atoms with Gasteiger partial charge >= 0.3 is 0 Å². The first-order chi connectivity index (χ1) is 11.2. The highest BCUT2D eigenvalue weighted by molar-refractivity contribution is 5.80. The molecule has 0 spiro atoms. The Morgan fingerprint density at radius 1 is 1.30 bits per heavy atom. The van der Waals surface area contributed by atoms with Crippen LogP contribution in [0, 0.1) is 0 Å². The summed E-state index contributed by atoms with van der Waals surface area (Å²) in [5.74, 6) is 1.03. The maximum Gasteiger partial charge on any atom is 0.194 e. The Morgan fingerprint density at radius 2 is 2.09 bits per heavy atom. The van der Waals surface area contributed by atoms with Crippen LogP contribution in [-0.2, 0) is 17.7 Å². The molecule has 0 bridgehead atoms. The van der Waals surface area contributed by atoms with Gasteiger partial charge in [0.25, 0.3) is 0 Å². The number of aliphatic imine (C=N–C) groups is 1. The van der Waals surface area contributed by atoms with Crippen LogP contribution in [0.2, 0.25) is 0 Å². The van der Waals surface area contributed by atoms with Crippen molar-refractivity contribution in [2.24, 2.45) is 4.99 Å². The topological polar surface area (TPSA) is 40.1 Å². The predicted octanol–water partition coefficient (Wildman–Crippen LogP) is 1.59. The Balaban J connectivity index is 1.92. The summed E-state index contributed by atoms with van der Waals surface area (Å²) < 4.78 is 5.11. The molecule has 23 heavy (non-hydrogen) atoms. The molecule has 1 aromatic carbocycles. The Morgan fingerprint density at radius 3 is 2.83 bits per heavy atom. The van der Waals surface area contributed by atoms with Crippen LogP contribution in [0.5, 0.6) is 0 Å². The van der Waals surface area contributed by atoms with Crippen molar-refractivity contribution in [2.75, 3.05) is 53.5 Å². The van der Waals surface area contributed by atoms with Gasteiger partial charge in [-0.1, -0.05) is 24.3 Å². The van der Waals surface area contributed by atoms with Gasteiger partial charge in [0.2, 0.25) is 0 Å². The normalized spacial score (nSPS) is 15.0. The van der Waals surface area contributed by atoms with Crippen molar-refractivity contribution in [1.82, 2.24) is 15.1 Å². The van der Waals surface area contributed by atoms with Gasteiger partial charge in [-0.15, -0.1) is 0 Å². The average molecular weight is 318 g/mol. The summed E-state index contributed by atoms with van der Waals surface area (Å²) >= 11 is 0. The summed E-state index contributed by atoms with van der Waals surface area (Å²) in [5, 5.41) is 3.43. The second kappa shape index (κ2) is 9.53. The Labute approximate surface area is 140 Å². The largest absolute Gasteiger partial charge is 0.383 e. The number of nitrogens with one attached hydrogen (secondary N) is 1. The van der Waals surface area contributed by atoms with Gasteiger partial charge in [-0.05, 0) is 31.5 Å². The van der Waals surface area contributed by atoms with Crippen molar-refractivity contribution in [3.05, 3.63) is 35.4 Å². The van der Waals surface area contributed by atoms with Crippen molar-refractivity contribution < 1.29 is 4.74 Å². The minimum Gasteiger partial charge on any atom is -0.383 e. The molecular formula is C18H30N4O. The van der Waals surface area contributed by atoms with Gasteiger partial charge < -0.3 is 19.9 Å². The van der Waals surface area contributed by atoms with Crippen LogP contribution in [0.1, 0.15) is 18.1 Å². The van der Waals surface area contributed by atoms with E-state index in [4.69, 9.17) is 9.73 Å². The van der Waals surface area contributed by atoms with Crippen LogP contribution in [0.25, 0.3) is 0 Å². The summed E-state index contributed by atoms with van der Waals surface area (Å²) in [7, 11) is 3.85. The van der Waals surface area contributed by atoms with E-state index in [-0.39, 0.29) is 0 Å². The van der Waals surface area contributed by atoms with E-state index >= 15 is 0 Å². The van der Waals surface area contributed by atoms with Crippen LogP contribution in [-0.4, -0.2) is 69.2 Å². The minimum absolute atomic E-state index is 0.767. The number of nitrogens with zero attached hydrogens (tertiary/aromatic N) is 3. The van der Waals surface area contributed by atoms with Gasteiger partial charge in [0.1, 0.15) is 0 Å². The van der Waals surface area contributed by atoms with Crippen molar-refractivity contribution in [1.29, 1.82) is 0 Å². The van der Waals surface area contributed by atoms with E-state index in [1.54, 1.807) is 7.11 Å². The molecule has 5 nitrogen and oxygen atoms in total. The van der Waals surface area contributed by atoms with Gasteiger partial charge in [0.15, 0.2) is 5.96 Å². The van der Waals surface area contributed by atoms with Gasteiger partial charge in [-0.2, -0.15) is 0 Å². The molecule has 0 saturated carbocycles.